The molecule has 0 spiro atoms. The van der Waals surface area contributed by atoms with Gasteiger partial charge in [0.2, 0.25) is 11.8 Å². The van der Waals surface area contributed by atoms with Crippen molar-refractivity contribution in [3.8, 4) is 6.07 Å². The summed E-state index contributed by atoms with van der Waals surface area (Å²) in [7, 11) is 0. The number of hydrogen-bond acceptors (Lipinski definition) is 4. The lowest BCUT2D eigenvalue weighted by atomic mass is 10.1. The molecule has 1 aliphatic heterocycles. The summed E-state index contributed by atoms with van der Waals surface area (Å²) in [4.78, 5) is 24.4. The standard InChI is InChI=1S/C12H11N3O2/c13-4-3-11(16)15-10-2-1-8(7-14)5-9(10)6-12(15)17/h1-2,5H,3,6-7,14H2. The molecule has 1 heterocycles. The van der Waals surface area contributed by atoms with Crippen LogP contribution in [-0.2, 0) is 22.6 Å². The lowest BCUT2D eigenvalue weighted by molar-refractivity contribution is -0.125. The first-order valence-electron chi connectivity index (χ1n) is 5.22. The first-order chi connectivity index (χ1) is 8.17. The number of amides is 2. The quantitative estimate of drug-likeness (QED) is 0.798. The molecule has 17 heavy (non-hydrogen) atoms. The highest BCUT2D eigenvalue weighted by Gasteiger charge is 2.31. The van der Waals surface area contributed by atoms with E-state index in [0.717, 1.165) is 16.0 Å². The first-order valence-corrected chi connectivity index (χ1v) is 5.22. The molecule has 2 amide bonds. The van der Waals surface area contributed by atoms with Crippen molar-refractivity contribution in [2.45, 2.75) is 19.4 Å². The highest BCUT2D eigenvalue weighted by molar-refractivity contribution is 6.19. The second kappa shape index (κ2) is 4.36. The number of fused-ring (bicyclic) bond motifs is 1. The zero-order chi connectivity index (χ0) is 12.4. The van der Waals surface area contributed by atoms with E-state index in [1.165, 1.54) is 0 Å². The Balaban J connectivity index is 2.38. The van der Waals surface area contributed by atoms with Gasteiger partial charge in [0.1, 0.15) is 6.42 Å². The van der Waals surface area contributed by atoms with Crippen molar-refractivity contribution in [3.05, 3.63) is 29.3 Å². The minimum absolute atomic E-state index is 0.195. The van der Waals surface area contributed by atoms with Crippen LogP contribution >= 0.6 is 0 Å². The van der Waals surface area contributed by atoms with Crippen LogP contribution in [-0.4, -0.2) is 11.8 Å². The molecule has 0 unspecified atom stereocenters. The SMILES string of the molecule is N#CCC(=O)N1C(=O)Cc2cc(CN)ccc21. The fourth-order valence-corrected chi connectivity index (χ4v) is 1.92. The number of anilines is 1. The molecule has 0 aromatic heterocycles. The monoisotopic (exact) mass is 229 g/mol. The maximum atomic E-state index is 11.7. The van der Waals surface area contributed by atoms with Gasteiger partial charge >= 0.3 is 0 Å². The van der Waals surface area contributed by atoms with Crippen LogP contribution in [0.1, 0.15) is 17.5 Å². The molecule has 86 valence electrons. The summed E-state index contributed by atoms with van der Waals surface area (Å²) in [6.45, 7) is 0.396. The summed E-state index contributed by atoms with van der Waals surface area (Å²) in [5, 5.41) is 8.49. The maximum absolute atomic E-state index is 11.7. The largest absolute Gasteiger partial charge is 0.326 e. The summed E-state index contributed by atoms with van der Waals surface area (Å²) in [5.74, 6) is -0.758. The number of benzene rings is 1. The number of nitrogens with two attached hydrogens (primary N) is 1. The van der Waals surface area contributed by atoms with E-state index in [9.17, 15) is 9.59 Å². The fourth-order valence-electron chi connectivity index (χ4n) is 1.92. The van der Waals surface area contributed by atoms with Gasteiger partial charge in [-0.1, -0.05) is 12.1 Å². The normalized spacial score (nSPS) is 13.4. The molecule has 5 nitrogen and oxygen atoms in total. The predicted octanol–water partition coefficient (Wildman–Crippen LogP) is 0.475. The van der Waals surface area contributed by atoms with Crippen LogP contribution in [0, 0.1) is 11.3 Å². The van der Waals surface area contributed by atoms with Gasteiger partial charge in [-0.3, -0.25) is 9.59 Å². The van der Waals surface area contributed by atoms with Gasteiger partial charge in [0.05, 0.1) is 18.2 Å². The van der Waals surface area contributed by atoms with Crippen molar-refractivity contribution in [1.82, 2.24) is 0 Å². The van der Waals surface area contributed by atoms with E-state index in [-0.39, 0.29) is 18.7 Å². The second-order valence-corrected chi connectivity index (χ2v) is 3.80. The Bertz CT molecular complexity index is 531. The summed E-state index contributed by atoms with van der Waals surface area (Å²) < 4.78 is 0. The van der Waals surface area contributed by atoms with E-state index in [1.54, 1.807) is 18.2 Å². The Morgan fingerprint density at radius 1 is 1.53 bits per heavy atom. The van der Waals surface area contributed by atoms with Crippen LogP contribution in [0.3, 0.4) is 0 Å². The zero-order valence-corrected chi connectivity index (χ0v) is 9.14. The smallest absolute Gasteiger partial charge is 0.247 e. The van der Waals surface area contributed by atoms with Crippen LogP contribution in [0.5, 0.6) is 0 Å². The highest BCUT2D eigenvalue weighted by Crippen LogP contribution is 2.30. The van der Waals surface area contributed by atoms with Crippen molar-refractivity contribution in [2.75, 3.05) is 4.90 Å². The Hall–Kier alpha value is -2.19. The Morgan fingerprint density at radius 3 is 2.94 bits per heavy atom. The van der Waals surface area contributed by atoms with Crippen molar-refractivity contribution in [3.63, 3.8) is 0 Å². The number of carbonyl (C=O) groups is 2. The summed E-state index contributed by atoms with van der Waals surface area (Å²) in [6.07, 6.45) is -0.0931. The summed E-state index contributed by atoms with van der Waals surface area (Å²) in [6, 6.07) is 7.07. The van der Waals surface area contributed by atoms with Gasteiger partial charge in [-0.05, 0) is 17.2 Å². The van der Waals surface area contributed by atoms with E-state index in [0.29, 0.717) is 12.2 Å². The fraction of sp³-hybridized carbons (Fsp3) is 0.250. The molecule has 0 radical (unpaired) electrons. The van der Waals surface area contributed by atoms with Crippen molar-refractivity contribution in [1.29, 1.82) is 5.26 Å². The zero-order valence-electron chi connectivity index (χ0n) is 9.14. The van der Waals surface area contributed by atoms with Crippen LogP contribution in [0.25, 0.3) is 0 Å². The molecule has 0 saturated heterocycles. The molecular weight excluding hydrogens is 218 g/mol. The van der Waals surface area contributed by atoms with E-state index in [4.69, 9.17) is 11.0 Å². The van der Waals surface area contributed by atoms with Gasteiger partial charge in [-0.15, -0.1) is 0 Å². The third-order valence-electron chi connectivity index (χ3n) is 2.69. The van der Waals surface area contributed by atoms with Gasteiger partial charge in [0.15, 0.2) is 0 Å². The van der Waals surface area contributed by atoms with Crippen molar-refractivity contribution >= 4 is 17.5 Å². The predicted molar refractivity (Wildman–Crippen MR) is 60.8 cm³/mol. The van der Waals surface area contributed by atoms with Crippen LogP contribution < -0.4 is 10.6 Å². The third kappa shape index (κ3) is 1.90. The van der Waals surface area contributed by atoms with Gasteiger partial charge in [-0.2, -0.15) is 5.26 Å². The lowest BCUT2D eigenvalue weighted by Gasteiger charge is -2.13. The number of nitrogens with zero attached hydrogens (tertiary/aromatic N) is 2. The van der Waals surface area contributed by atoms with Gasteiger partial charge in [0, 0.05) is 6.54 Å². The molecule has 0 atom stereocenters. The van der Waals surface area contributed by atoms with Crippen LogP contribution in [0.15, 0.2) is 18.2 Å². The van der Waals surface area contributed by atoms with Crippen LogP contribution in [0.2, 0.25) is 0 Å². The van der Waals surface area contributed by atoms with Gasteiger partial charge in [-0.25, -0.2) is 4.90 Å². The van der Waals surface area contributed by atoms with E-state index in [2.05, 4.69) is 0 Å². The number of rotatable bonds is 2. The molecule has 1 aromatic rings. The van der Waals surface area contributed by atoms with Gasteiger partial charge in [0.25, 0.3) is 0 Å². The number of nitriles is 1. The van der Waals surface area contributed by atoms with Crippen molar-refractivity contribution in [2.24, 2.45) is 5.73 Å². The minimum Gasteiger partial charge on any atom is -0.326 e. The molecule has 0 aliphatic carbocycles. The summed E-state index contributed by atoms with van der Waals surface area (Å²) >= 11 is 0. The topological polar surface area (TPSA) is 87.2 Å². The molecule has 0 saturated carbocycles. The maximum Gasteiger partial charge on any atom is 0.247 e. The average molecular weight is 229 g/mol. The van der Waals surface area contributed by atoms with Crippen LogP contribution in [0.4, 0.5) is 5.69 Å². The average Bonchev–Trinajstić information content (AvgIpc) is 2.64. The molecular formula is C12H11N3O2. The molecule has 2 N–H and O–H groups in total. The Kier molecular flexibility index (Phi) is 2.90. The first kappa shape index (κ1) is 11.3. The van der Waals surface area contributed by atoms with E-state index in [1.807, 2.05) is 6.07 Å². The summed E-state index contributed by atoms with van der Waals surface area (Å²) in [5.41, 5.74) is 7.81. The number of carbonyl (C=O) groups excluding carboxylic acids is 2. The number of hydrogen-bond donors (Lipinski definition) is 1. The second-order valence-electron chi connectivity index (χ2n) is 3.80. The molecule has 0 bridgehead atoms. The number of imide groups is 1. The molecule has 5 heteroatoms. The molecule has 0 fully saturated rings. The third-order valence-corrected chi connectivity index (χ3v) is 2.69. The van der Waals surface area contributed by atoms with Gasteiger partial charge < -0.3 is 5.73 Å². The van der Waals surface area contributed by atoms with Crippen molar-refractivity contribution < 1.29 is 9.59 Å². The molecule has 1 aromatic carbocycles. The molecule has 2 rings (SSSR count). The molecule has 1 aliphatic rings. The minimum atomic E-state index is -0.475. The Morgan fingerprint density at radius 2 is 2.29 bits per heavy atom. The van der Waals surface area contributed by atoms with E-state index < -0.39 is 5.91 Å². The van der Waals surface area contributed by atoms with E-state index >= 15 is 0 Å². The lowest BCUT2D eigenvalue weighted by Crippen LogP contribution is -2.33. The highest BCUT2D eigenvalue weighted by atomic mass is 16.2. The Labute approximate surface area is 98.4 Å².